The maximum Gasteiger partial charge on any atom is 0.339 e. The zero-order valence-electron chi connectivity index (χ0n) is 12.1. The quantitative estimate of drug-likeness (QED) is 0.826. The first kappa shape index (κ1) is 14.9. The number of para-hydroxylation sites is 1. The Morgan fingerprint density at radius 3 is 2.33 bits per heavy atom. The van der Waals surface area contributed by atoms with Crippen LogP contribution in [0.2, 0.25) is 0 Å². The molecule has 0 aliphatic heterocycles. The minimum atomic E-state index is -0.999. The molecule has 2 aromatic rings. The molecule has 4 nitrogen and oxygen atoms in total. The minimum absolute atomic E-state index is 0.156. The van der Waals surface area contributed by atoms with E-state index >= 15 is 0 Å². The van der Waals surface area contributed by atoms with Gasteiger partial charge in [-0.1, -0.05) is 29.8 Å². The van der Waals surface area contributed by atoms with Gasteiger partial charge in [-0.05, 0) is 37.6 Å². The largest absolute Gasteiger partial charge is 0.490 e. The highest BCUT2D eigenvalue weighted by Gasteiger charge is 2.09. The van der Waals surface area contributed by atoms with Gasteiger partial charge in [-0.3, -0.25) is 0 Å². The van der Waals surface area contributed by atoms with Gasteiger partial charge in [-0.25, -0.2) is 4.79 Å². The van der Waals surface area contributed by atoms with E-state index in [-0.39, 0.29) is 12.2 Å². The van der Waals surface area contributed by atoms with Crippen molar-refractivity contribution in [1.29, 1.82) is 0 Å². The average molecular weight is 286 g/mol. The molecule has 21 heavy (non-hydrogen) atoms. The molecule has 0 unspecified atom stereocenters. The lowest BCUT2D eigenvalue weighted by molar-refractivity contribution is 0.0691. The molecule has 1 N–H and O–H groups in total. The fourth-order valence-electron chi connectivity index (χ4n) is 2.03. The number of ether oxygens (including phenoxy) is 2. The van der Waals surface area contributed by atoms with Gasteiger partial charge in [0.25, 0.3) is 0 Å². The molecule has 0 aliphatic carbocycles. The summed E-state index contributed by atoms with van der Waals surface area (Å²) < 4.78 is 11.1. The van der Waals surface area contributed by atoms with Crippen molar-refractivity contribution in [3.8, 4) is 11.5 Å². The predicted molar refractivity (Wildman–Crippen MR) is 80.3 cm³/mol. The molecule has 0 bridgehead atoms. The standard InChI is InChI=1S/C17H18O4/c1-12-7-8-15(13(2)11-12)20-9-10-21-16-6-4-3-5-14(16)17(18)19/h3-8,11H,9-10H2,1-2H3,(H,18,19). The molecule has 0 spiro atoms. The summed E-state index contributed by atoms with van der Waals surface area (Å²) in [5, 5.41) is 9.05. The van der Waals surface area contributed by atoms with E-state index in [1.807, 2.05) is 26.0 Å². The number of benzene rings is 2. The van der Waals surface area contributed by atoms with Gasteiger partial charge in [0.2, 0.25) is 0 Å². The first-order valence-electron chi connectivity index (χ1n) is 6.73. The van der Waals surface area contributed by atoms with Crippen molar-refractivity contribution < 1.29 is 19.4 Å². The van der Waals surface area contributed by atoms with Crippen molar-refractivity contribution in [3.05, 3.63) is 59.2 Å². The van der Waals surface area contributed by atoms with Crippen LogP contribution in [0.4, 0.5) is 0 Å². The molecular formula is C17H18O4. The van der Waals surface area contributed by atoms with Crippen molar-refractivity contribution >= 4 is 5.97 Å². The molecule has 0 amide bonds. The number of rotatable bonds is 6. The highest BCUT2D eigenvalue weighted by molar-refractivity contribution is 5.90. The van der Waals surface area contributed by atoms with E-state index in [1.54, 1.807) is 18.2 Å². The van der Waals surface area contributed by atoms with Gasteiger partial charge in [0.05, 0.1) is 0 Å². The molecule has 0 saturated heterocycles. The first-order valence-corrected chi connectivity index (χ1v) is 6.73. The molecular weight excluding hydrogens is 268 g/mol. The summed E-state index contributed by atoms with van der Waals surface area (Å²) in [6.07, 6.45) is 0. The molecule has 0 aliphatic rings. The van der Waals surface area contributed by atoms with Crippen LogP contribution in [0.5, 0.6) is 11.5 Å². The van der Waals surface area contributed by atoms with Gasteiger partial charge in [-0.2, -0.15) is 0 Å². The van der Waals surface area contributed by atoms with Gasteiger partial charge < -0.3 is 14.6 Å². The molecule has 2 rings (SSSR count). The van der Waals surface area contributed by atoms with Crippen LogP contribution >= 0.6 is 0 Å². The Hall–Kier alpha value is -2.49. The van der Waals surface area contributed by atoms with Crippen LogP contribution < -0.4 is 9.47 Å². The van der Waals surface area contributed by atoms with E-state index in [1.165, 1.54) is 11.6 Å². The number of aryl methyl sites for hydroxylation is 2. The Bertz CT molecular complexity index is 634. The normalized spacial score (nSPS) is 10.2. The topological polar surface area (TPSA) is 55.8 Å². The molecule has 0 radical (unpaired) electrons. The molecule has 0 heterocycles. The SMILES string of the molecule is Cc1ccc(OCCOc2ccccc2C(=O)O)c(C)c1. The minimum Gasteiger partial charge on any atom is -0.490 e. The fourth-order valence-corrected chi connectivity index (χ4v) is 2.03. The summed E-state index contributed by atoms with van der Waals surface area (Å²) in [6.45, 7) is 4.67. The Kier molecular flexibility index (Phi) is 4.82. The zero-order chi connectivity index (χ0) is 15.2. The molecule has 110 valence electrons. The summed E-state index contributed by atoms with van der Waals surface area (Å²) in [7, 11) is 0. The average Bonchev–Trinajstić information content (AvgIpc) is 2.45. The highest BCUT2D eigenvalue weighted by atomic mass is 16.5. The van der Waals surface area contributed by atoms with E-state index < -0.39 is 5.97 Å². The van der Waals surface area contributed by atoms with Crippen molar-refractivity contribution in [2.45, 2.75) is 13.8 Å². The second-order valence-corrected chi connectivity index (χ2v) is 4.77. The van der Waals surface area contributed by atoms with Gasteiger partial charge in [-0.15, -0.1) is 0 Å². The van der Waals surface area contributed by atoms with Crippen molar-refractivity contribution in [1.82, 2.24) is 0 Å². The van der Waals surface area contributed by atoms with Crippen molar-refractivity contribution in [2.24, 2.45) is 0 Å². The van der Waals surface area contributed by atoms with Gasteiger partial charge in [0, 0.05) is 0 Å². The Morgan fingerprint density at radius 2 is 1.67 bits per heavy atom. The smallest absolute Gasteiger partial charge is 0.339 e. The second kappa shape index (κ2) is 6.79. The van der Waals surface area contributed by atoms with E-state index in [9.17, 15) is 4.79 Å². The summed E-state index contributed by atoms with van der Waals surface area (Å²) in [5.41, 5.74) is 2.41. The molecule has 4 heteroatoms. The van der Waals surface area contributed by atoms with Gasteiger partial charge in [0.1, 0.15) is 30.3 Å². The highest BCUT2D eigenvalue weighted by Crippen LogP contribution is 2.20. The van der Waals surface area contributed by atoms with Crippen molar-refractivity contribution in [2.75, 3.05) is 13.2 Å². The van der Waals surface area contributed by atoms with Crippen LogP contribution in [0, 0.1) is 13.8 Å². The fraction of sp³-hybridized carbons (Fsp3) is 0.235. The van der Waals surface area contributed by atoms with Crippen molar-refractivity contribution in [3.63, 3.8) is 0 Å². The Morgan fingerprint density at radius 1 is 1.00 bits per heavy atom. The van der Waals surface area contributed by atoms with E-state index in [2.05, 4.69) is 6.07 Å². The van der Waals surface area contributed by atoms with Crippen LogP contribution in [0.15, 0.2) is 42.5 Å². The molecule has 0 fully saturated rings. The van der Waals surface area contributed by atoms with Crippen LogP contribution in [0.1, 0.15) is 21.5 Å². The summed E-state index contributed by atoms with van der Waals surface area (Å²) in [5.74, 6) is 0.172. The molecule has 2 aromatic carbocycles. The maximum atomic E-state index is 11.0. The second-order valence-electron chi connectivity index (χ2n) is 4.77. The van der Waals surface area contributed by atoms with E-state index in [0.717, 1.165) is 11.3 Å². The lowest BCUT2D eigenvalue weighted by atomic mass is 10.1. The van der Waals surface area contributed by atoms with Crippen LogP contribution in [0.25, 0.3) is 0 Å². The molecule has 0 saturated carbocycles. The van der Waals surface area contributed by atoms with Crippen LogP contribution in [-0.2, 0) is 0 Å². The third-order valence-electron chi connectivity index (χ3n) is 3.05. The number of aromatic carboxylic acids is 1. The molecule has 0 atom stereocenters. The third-order valence-corrected chi connectivity index (χ3v) is 3.05. The lowest BCUT2D eigenvalue weighted by Crippen LogP contribution is -2.11. The van der Waals surface area contributed by atoms with E-state index in [0.29, 0.717) is 12.4 Å². The first-order chi connectivity index (χ1) is 10.1. The van der Waals surface area contributed by atoms with Crippen LogP contribution in [-0.4, -0.2) is 24.3 Å². The summed E-state index contributed by atoms with van der Waals surface area (Å²) >= 11 is 0. The number of carboxylic acid groups (broad SMARTS) is 1. The number of carbonyl (C=O) groups is 1. The summed E-state index contributed by atoms with van der Waals surface area (Å²) in [4.78, 5) is 11.0. The Labute approximate surface area is 123 Å². The predicted octanol–water partition coefficient (Wildman–Crippen LogP) is 3.46. The monoisotopic (exact) mass is 286 g/mol. The maximum absolute atomic E-state index is 11.0. The zero-order valence-corrected chi connectivity index (χ0v) is 12.1. The van der Waals surface area contributed by atoms with Gasteiger partial charge >= 0.3 is 5.97 Å². The number of hydrogen-bond donors (Lipinski definition) is 1. The number of carboxylic acids is 1. The van der Waals surface area contributed by atoms with E-state index in [4.69, 9.17) is 14.6 Å². The lowest BCUT2D eigenvalue weighted by Gasteiger charge is -2.12. The Balaban J connectivity index is 1.89. The molecule has 0 aromatic heterocycles. The summed E-state index contributed by atoms with van der Waals surface area (Å²) in [6, 6.07) is 12.5. The number of hydrogen-bond acceptors (Lipinski definition) is 3. The van der Waals surface area contributed by atoms with Crippen LogP contribution in [0.3, 0.4) is 0 Å². The van der Waals surface area contributed by atoms with Gasteiger partial charge in [0.15, 0.2) is 0 Å². The third kappa shape index (κ3) is 3.99.